The highest BCUT2D eigenvalue weighted by Gasteiger charge is 2.41. The Morgan fingerprint density at radius 2 is 2.11 bits per heavy atom. The van der Waals surface area contributed by atoms with Gasteiger partial charge >= 0.3 is 6.18 Å². The normalized spacial score (nSPS) is 14.1. The number of thiophene rings is 1. The zero-order valence-corrected chi connectivity index (χ0v) is 11.9. The van der Waals surface area contributed by atoms with Crippen LogP contribution in [0.2, 0.25) is 0 Å². The molecule has 0 aliphatic carbocycles. The van der Waals surface area contributed by atoms with Crippen LogP contribution in [0, 0.1) is 0 Å². The Morgan fingerprint density at radius 3 is 2.72 bits per heavy atom. The Kier molecular flexibility index (Phi) is 3.99. The van der Waals surface area contributed by atoms with Gasteiger partial charge in [-0.1, -0.05) is 19.1 Å². The fraction of sp³-hybridized carbons (Fsp3) is 0.333. The smallest absolute Gasteiger partial charge is 0.303 e. The van der Waals surface area contributed by atoms with E-state index >= 15 is 0 Å². The van der Waals surface area contributed by atoms with Gasteiger partial charge in [0.15, 0.2) is 0 Å². The van der Waals surface area contributed by atoms with Crippen molar-refractivity contribution in [2.24, 2.45) is 0 Å². The van der Waals surface area contributed by atoms with Crippen LogP contribution in [0.4, 0.5) is 13.2 Å². The van der Waals surface area contributed by atoms with Gasteiger partial charge in [-0.05, 0) is 44.9 Å². The van der Waals surface area contributed by atoms with Gasteiger partial charge in [0.1, 0.15) is 6.04 Å². The Labute approximate surface area is 115 Å². The molecule has 0 spiro atoms. The Bertz CT molecular complexity index is 550. The van der Waals surface area contributed by atoms with Crippen LogP contribution in [0.25, 0.3) is 10.1 Å². The molecule has 1 atom stereocenters. The van der Waals surface area contributed by atoms with E-state index in [-0.39, 0.29) is 6.54 Å². The molecule has 0 radical (unpaired) electrons. The number of hydrogen-bond acceptors (Lipinski definition) is 2. The maximum absolute atomic E-state index is 13.0. The van der Waals surface area contributed by atoms with Crippen molar-refractivity contribution in [3.05, 3.63) is 33.6 Å². The van der Waals surface area contributed by atoms with E-state index in [9.17, 15) is 13.2 Å². The molecule has 1 N–H and O–H groups in total. The Morgan fingerprint density at radius 1 is 1.39 bits per heavy atom. The van der Waals surface area contributed by atoms with Crippen LogP contribution in [-0.4, -0.2) is 12.7 Å². The molecule has 0 fully saturated rings. The fourth-order valence-corrected chi connectivity index (χ4v) is 3.52. The van der Waals surface area contributed by atoms with Gasteiger partial charge in [-0.2, -0.15) is 13.2 Å². The Hall–Kier alpha value is -0.590. The average Bonchev–Trinajstić information content (AvgIpc) is 2.69. The van der Waals surface area contributed by atoms with E-state index in [0.717, 1.165) is 9.17 Å². The molecule has 2 aromatic rings. The molecule has 2 rings (SSSR count). The molecule has 1 unspecified atom stereocenters. The maximum atomic E-state index is 13.0. The summed E-state index contributed by atoms with van der Waals surface area (Å²) in [5.41, 5.74) is 0.297. The first kappa shape index (κ1) is 13.8. The molecule has 1 heterocycles. The van der Waals surface area contributed by atoms with Crippen LogP contribution in [0.1, 0.15) is 18.5 Å². The van der Waals surface area contributed by atoms with Gasteiger partial charge in [0.25, 0.3) is 0 Å². The van der Waals surface area contributed by atoms with Gasteiger partial charge in [0, 0.05) is 9.17 Å². The van der Waals surface area contributed by atoms with E-state index in [2.05, 4.69) is 21.2 Å². The number of benzene rings is 1. The molecule has 0 saturated carbocycles. The maximum Gasteiger partial charge on any atom is 0.407 e. The molecule has 98 valence electrons. The summed E-state index contributed by atoms with van der Waals surface area (Å²) in [6.45, 7) is 1.94. The molecule has 1 nitrogen and oxygen atoms in total. The first-order chi connectivity index (χ1) is 8.45. The zero-order valence-electron chi connectivity index (χ0n) is 9.51. The third-order valence-electron chi connectivity index (χ3n) is 2.63. The van der Waals surface area contributed by atoms with Gasteiger partial charge in [-0.25, -0.2) is 0 Å². The topological polar surface area (TPSA) is 12.0 Å². The van der Waals surface area contributed by atoms with Crippen molar-refractivity contribution in [1.82, 2.24) is 5.32 Å². The summed E-state index contributed by atoms with van der Waals surface area (Å²) in [6.07, 6.45) is -4.29. The number of alkyl halides is 3. The van der Waals surface area contributed by atoms with Crippen LogP contribution < -0.4 is 5.32 Å². The lowest BCUT2D eigenvalue weighted by molar-refractivity contribution is -0.157. The number of rotatable bonds is 3. The fourth-order valence-electron chi connectivity index (χ4n) is 1.87. The van der Waals surface area contributed by atoms with E-state index in [4.69, 9.17) is 0 Å². The monoisotopic (exact) mass is 337 g/mol. The van der Waals surface area contributed by atoms with E-state index in [0.29, 0.717) is 10.9 Å². The average molecular weight is 338 g/mol. The predicted molar refractivity (Wildman–Crippen MR) is 72.0 cm³/mol. The highest BCUT2D eigenvalue weighted by molar-refractivity contribution is 9.10. The van der Waals surface area contributed by atoms with E-state index in [1.165, 1.54) is 11.3 Å². The number of nitrogens with one attached hydrogen (secondary N) is 1. The van der Waals surface area contributed by atoms with Crippen molar-refractivity contribution in [3.63, 3.8) is 0 Å². The van der Waals surface area contributed by atoms with Gasteiger partial charge in [-0.15, -0.1) is 11.3 Å². The SMILES string of the molecule is CCNC(c1csc2c(Br)cccc12)C(F)(F)F. The molecule has 6 heteroatoms. The Balaban J connectivity index is 2.55. The van der Waals surface area contributed by atoms with E-state index in [1.54, 1.807) is 24.4 Å². The number of hydrogen-bond donors (Lipinski definition) is 1. The van der Waals surface area contributed by atoms with Crippen molar-refractivity contribution in [2.75, 3.05) is 6.54 Å². The second-order valence-electron chi connectivity index (χ2n) is 3.84. The molecular formula is C12H11BrF3NS. The molecule has 0 aliphatic heterocycles. The van der Waals surface area contributed by atoms with Crippen LogP contribution >= 0.6 is 27.3 Å². The highest BCUT2D eigenvalue weighted by atomic mass is 79.9. The van der Waals surface area contributed by atoms with E-state index < -0.39 is 12.2 Å². The minimum absolute atomic E-state index is 0.273. The summed E-state index contributed by atoms with van der Waals surface area (Å²) in [5, 5.41) is 4.73. The lowest BCUT2D eigenvalue weighted by Crippen LogP contribution is -2.33. The highest BCUT2D eigenvalue weighted by Crippen LogP contribution is 2.40. The molecule has 1 aromatic carbocycles. The summed E-state index contributed by atoms with van der Waals surface area (Å²) in [4.78, 5) is 0. The summed E-state index contributed by atoms with van der Waals surface area (Å²) < 4.78 is 40.8. The van der Waals surface area contributed by atoms with Crippen LogP contribution in [-0.2, 0) is 0 Å². The molecule has 0 bridgehead atoms. The van der Waals surface area contributed by atoms with E-state index in [1.807, 2.05) is 6.07 Å². The minimum Gasteiger partial charge on any atom is -0.303 e. The molecule has 1 aromatic heterocycles. The lowest BCUT2D eigenvalue weighted by atomic mass is 10.1. The van der Waals surface area contributed by atoms with Gasteiger partial charge < -0.3 is 5.32 Å². The van der Waals surface area contributed by atoms with Gasteiger partial charge in [0.05, 0.1) is 0 Å². The molecule has 18 heavy (non-hydrogen) atoms. The van der Waals surface area contributed by atoms with Crippen molar-refractivity contribution < 1.29 is 13.2 Å². The first-order valence-corrected chi connectivity index (χ1v) is 7.08. The van der Waals surface area contributed by atoms with Gasteiger partial charge in [0.2, 0.25) is 0 Å². The molecule has 0 aliphatic rings. The van der Waals surface area contributed by atoms with Crippen molar-refractivity contribution >= 4 is 37.4 Å². The van der Waals surface area contributed by atoms with Crippen LogP contribution in [0.3, 0.4) is 0 Å². The summed E-state index contributed by atoms with van der Waals surface area (Å²) in [5.74, 6) is 0. The van der Waals surface area contributed by atoms with Crippen LogP contribution in [0.5, 0.6) is 0 Å². The summed E-state index contributed by atoms with van der Waals surface area (Å²) >= 11 is 4.68. The molecule has 0 saturated heterocycles. The van der Waals surface area contributed by atoms with Crippen molar-refractivity contribution in [3.8, 4) is 0 Å². The lowest BCUT2D eigenvalue weighted by Gasteiger charge is -2.20. The largest absolute Gasteiger partial charge is 0.407 e. The first-order valence-electron chi connectivity index (χ1n) is 5.41. The molecule has 0 amide bonds. The van der Waals surface area contributed by atoms with Gasteiger partial charge in [-0.3, -0.25) is 0 Å². The van der Waals surface area contributed by atoms with Crippen LogP contribution in [0.15, 0.2) is 28.1 Å². The number of halogens is 4. The van der Waals surface area contributed by atoms with Crippen molar-refractivity contribution in [1.29, 1.82) is 0 Å². The summed E-state index contributed by atoms with van der Waals surface area (Å²) in [6, 6.07) is 3.70. The molecular weight excluding hydrogens is 327 g/mol. The third-order valence-corrected chi connectivity index (χ3v) is 4.60. The quantitative estimate of drug-likeness (QED) is 0.841. The predicted octanol–water partition coefficient (Wildman–Crippen LogP) is 4.88. The standard InChI is InChI=1S/C12H11BrF3NS/c1-2-17-11(12(14,15)16)8-6-18-10-7(8)4-3-5-9(10)13/h3-6,11,17H,2H2,1H3. The zero-order chi connectivity index (χ0) is 13.3. The second-order valence-corrected chi connectivity index (χ2v) is 5.57. The summed E-state index contributed by atoms with van der Waals surface area (Å²) in [7, 11) is 0. The second kappa shape index (κ2) is 5.19. The minimum atomic E-state index is -4.29. The van der Waals surface area contributed by atoms with Crippen molar-refractivity contribution in [2.45, 2.75) is 19.1 Å². The third kappa shape index (κ3) is 2.55. The number of fused-ring (bicyclic) bond motifs is 1.